The molecule has 0 bridgehead atoms. The summed E-state index contributed by atoms with van der Waals surface area (Å²) >= 11 is 0. The highest BCUT2D eigenvalue weighted by Gasteiger charge is 2.34. The number of ether oxygens (including phenoxy) is 2. The fourth-order valence-corrected chi connectivity index (χ4v) is 3.98. The molecule has 1 aromatic heterocycles. The van der Waals surface area contributed by atoms with Crippen molar-refractivity contribution in [1.82, 2.24) is 20.1 Å². The zero-order chi connectivity index (χ0) is 25.5. The number of amides is 3. The molecule has 190 valence electrons. The van der Waals surface area contributed by atoms with E-state index in [1.807, 2.05) is 45.0 Å². The van der Waals surface area contributed by atoms with Crippen molar-refractivity contribution >= 4 is 11.9 Å². The molecule has 2 aromatic rings. The molecule has 0 saturated carbocycles. The quantitative estimate of drug-likeness (QED) is 0.597. The van der Waals surface area contributed by atoms with E-state index in [-0.39, 0.29) is 36.4 Å². The minimum atomic E-state index is -0.396. The van der Waals surface area contributed by atoms with Gasteiger partial charge in [-0.15, -0.1) is 0 Å². The number of aliphatic hydroxyl groups is 1. The first kappa shape index (κ1) is 26.3. The van der Waals surface area contributed by atoms with Gasteiger partial charge in [0, 0.05) is 37.8 Å². The van der Waals surface area contributed by atoms with Crippen LogP contribution in [0.5, 0.6) is 11.6 Å². The summed E-state index contributed by atoms with van der Waals surface area (Å²) < 4.78 is 11.5. The van der Waals surface area contributed by atoms with Crippen molar-refractivity contribution in [3.05, 3.63) is 42.1 Å². The Bertz CT molecular complexity index is 1010. The van der Waals surface area contributed by atoms with Crippen molar-refractivity contribution in [3.63, 3.8) is 0 Å². The number of aliphatic hydroxyl groups excluding tert-OH is 1. The smallest absolute Gasteiger partial charge is 0.317 e. The lowest BCUT2D eigenvalue weighted by atomic mass is 9.99. The number of carbonyl (C=O) groups excluding carboxylic acids is 2. The van der Waals surface area contributed by atoms with Gasteiger partial charge in [-0.25, -0.2) is 9.78 Å². The van der Waals surface area contributed by atoms with Gasteiger partial charge in [0.25, 0.3) is 5.91 Å². The maximum atomic E-state index is 13.6. The Morgan fingerprint density at radius 1 is 1.34 bits per heavy atom. The van der Waals surface area contributed by atoms with E-state index in [9.17, 15) is 14.7 Å². The number of likely N-dealkylation sites (N-methyl/N-ethyl adjacent to an activating group) is 1. The number of fused-ring (bicyclic) bond motifs is 1. The molecule has 1 aliphatic rings. The van der Waals surface area contributed by atoms with Gasteiger partial charge in [0.1, 0.15) is 17.4 Å². The zero-order valence-corrected chi connectivity index (χ0v) is 21.2. The van der Waals surface area contributed by atoms with E-state index in [0.29, 0.717) is 25.2 Å². The number of hydrogen-bond acceptors (Lipinski definition) is 6. The van der Waals surface area contributed by atoms with Gasteiger partial charge in [0.2, 0.25) is 5.88 Å². The Labute approximate surface area is 207 Å². The summed E-state index contributed by atoms with van der Waals surface area (Å²) in [6, 6.07) is 8.72. The normalized spacial score (nSPS) is 18.6. The molecule has 0 radical (unpaired) electrons. The average Bonchev–Trinajstić information content (AvgIpc) is 2.88. The number of urea groups is 1. The third-order valence-corrected chi connectivity index (χ3v) is 6.27. The highest BCUT2D eigenvalue weighted by atomic mass is 16.5. The largest absolute Gasteiger partial charge is 0.497 e. The summed E-state index contributed by atoms with van der Waals surface area (Å²) in [6.07, 6.45) is 2.13. The van der Waals surface area contributed by atoms with Crippen molar-refractivity contribution in [2.24, 2.45) is 5.92 Å². The maximum absolute atomic E-state index is 13.6. The number of carbonyl (C=O) groups is 2. The summed E-state index contributed by atoms with van der Waals surface area (Å²) in [4.78, 5) is 33.8. The highest BCUT2D eigenvalue weighted by molar-refractivity contribution is 5.98. The fraction of sp³-hybridized carbons (Fsp3) is 0.500. The minimum absolute atomic E-state index is 0.106. The van der Waals surface area contributed by atoms with E-state index in [4.69, 9.17) is 9.47 Å². The number of hydrogen-bond donors (Lipinski definition) is 2. The number of methoxy groups -OCH3 is 1. The predicted molar refractivity (Wildman–Crippen MR) is 134 cm³/mol. The van der Waals surface area contributed by atoms with Gasteiger partial charge in [-0.2, -0.15) is 0 Å². The molecule has 0 unspecified atom stereocenters. The first-order valence-electron chi connectivity index (χ1n) is 12.0. The minimum Gasteiger partial charge on any atom is -0.497 e. The lowest BCUT2D eigenvalue weighted by Crippen LogP contribution is -2.51. The summed E-state index contributed by atoms with van der Waals surface area (Å²) in [7, 11) is 3.33. The molecule has 0 aliphatic carbocycles. The van der Waals surface area contributed by atoms with E-state index in [1.54, 1.807) is 36.2 Å². The van der Waals surface area contributed by atoms with Crippen LogP contribution in [0.15, 0.2) is 36.5 Å². The van der Waals surface area contributed by atoms with Crippen LogP contribution >= 0.6 is 0 Å². The molecule has 0 fully saturated rings. The molecule has 0 saturated heterocycles. The van der Waals surface area contributed by atoms with Gasteiger partial charge >= 0.3 is 6.03 Å². The van der Waals surface area contributed by atoms with Crippen molar-refractivity contribution in [2.75, 3.05) is 40.4 Å². The molecule has 0 spiro atoms. The van der Waals surface area contributed by atoms with Crippen LogP contribution in [-0.2, 0) is 0 Å². The highest BCUT2D eigenvalue weighted by Crippen LogP contribution is 2.31. The second kappa shape index (κ2) is 11.9. The molecule has 3 rings (SSSR count). The van der Waals surface area contributed by atoms with E-state index < -0.39 is 6.10 Å². The number of nitrogens with zero attached hydrogens (tertiary/aromatic N) is 3. The van der Waals surface area contributed by atoms with Gasteiger partial charge in [0.15, 0.2) is 0 Å². The van der Waals surface area contributed by atoms with Gasteiger partial charge in [-0.1, -0.05) is 26.0 Å². The van der Waals surface area contributed by atoms with Gasteiger partial charge < -0.3 is 29.7 Å². The molecule has 9 heteroatoms. The van der Waals surface area contributed by atoms with Gasteiger partial charge in [-0.3, -0.25) is 4.79 Å². The monoisotopic (exact) mass is 484 g/mol. The first-order valence-corrected chi connectivity index (χ1v) is 12.0. The van der Waals surface area contributed by atoms with Crippen molar-refractivity contribution < 1.29 is 24.2 Å². The van der Waals surface area contributed by atoms with Crippen molar-refractivity contribution in [2.45, 2.75) is 39.3 Å². The Morgan fingerprint density at radius 3 is 2.69 bits per heavy atom. The van der Waals surface area contributed by atoms with Crippen LogP contribution in [-0.4, -0.2) is 84.4 Å². The molecule has 2 heterocycles. The first-order chi connectivity index (χ1) is 16.8. The topological polar surface area (TPSA) is 104 Å². The van der Waals surface area contributed by atoms with Crippen molar-refractivity contribution in [3.8, 4) is 22.8 Å². The van der Waals surface area contributed by atoms with Crippen LogP contribution in [0.25, 0.3) is 11.1 Å². The third-order valence-electron chi connectivity index (χ3n) is 6.27. The SMILES string of the molecule is CCCNC(=O)N(C)C[C@H]1Oc2ncc(-c3ccc(OC)cc3)cc2C(=O)N([C@@H](C)CO)C[C@@H]1C. The van der Waals surface area contributed by atoms with Crippen LogP contribution in [0.4, 0.5) is 4.79 Å². The number of rotatable bonds is 8. The van der Waals surface area contributed by atoms with Crippen LogP contribution in [0.1, 0.15) is 37.6 Å². The molecule has 2 N–H and O–H groups in total. The molecule has 3 amide bonds. The second-order valence-corrected chi connectivity index (χ2v) is 9.04. The third kappa shape index (κ3) is 6.22. The van der Waals surface area contributed by atoms with Crippen molar-refractivity contribution in [1.29, 1.82) is 0 Å². The molecule has 9 nitrogen and oxygen atoms in total. The molecule has 1 aliphatic heterocycles. The lowest BCUT2D eigenvalue weighted by molar-refractivity contribution is 0.0352. The number of aromatic nitrogens is 1. The summed E-state index contributed by atoms with van der Waals surface area (Å²) in [6.45, 7) is 6.92. The van der Waals surface area contributed by atoms with Crippen LogP contribution < -0.4 is 14.8 Å². The Morgan fingerprint density at radius 2 is 2.06 bits per heavy atom. The fourth-order valence-electron chi connectivity index (χ4n) is 3.98. The average molecular weight is 485 g/mol. The van der Waals surface area contributed by atoms with E-state index in [2.05, 4.69) is 10.3 Å². The summed E-state index contributed by atoms with van der Waals surface area (Å²) in [5.41, 5.74) is 1.98. The number of nitrogens with one attached hydrogen (secondary N) is 1. The van der Waals surface area contributed by atoms with Crippen LogP contribution in [0.3, 0.4) is 0 Å². The second-order valence-electron chi connectivity index (χ2n) is 9.04. The van der Waals surface area contributed by atoms with E-state index >= 15 is 0 Å². The molecule has 3 atom stereocenters. The van der Waals surface area contributed by atoms with Gasteiger partial charge in [-0.05, 0) is 37.1 Å². The van der Waals surface area contributed by atoms with E-state index in [1.165, 1.54) is 0 Å². The summed E-state index contributed by atoms with van der Waals surface area (Å²) in [5.74, 6) is 0.606. The number of pyridine rings is 1. The predicted octanol–water partition coefficient (Wildman–Crippen LogP) is 3.03. The zero-order valence-electron chi connectivity index (χ0n) is 21.2. The van der Waals surface area contributed by atoms with Crippen LogP contribution in [0, 0.1) is 5.92 Å². The molecular formula is C26H36N4O5. The number of benzene rings is 1. The standard InChI is InChI=1S/C26H36N4O5/c1-6-11-27-26(33)29(4)15-23-17(2)14-30(18(3)16-31)25(32)22-12-20(13-28-24(22)35-23)19-7-9-21(34-5)10-8-19/h7-10,12-13,17-18,23,31H,6,11,14-16H2,1-5H3,(H,27,33)/t17-,18-,23+/m0/s1. The van der Waals surface area contributed by atoms with Crippen LogP contribution in [0.2, 0.25) is 0 Å². The molecular weight excluding hydrogens is 448 g/mol. The maximum Gasteiger partial charge on any atom is 0.317 e. The Balaban J connectivity index is 1.96. The molecule has 35 heavy (non-hydrogen) atoms. The van der Waals surface area contributed by atoms with Gasteiger partial charge in [0.05, 0.1) is 26.3 Å². The Hall–Kier alpha value is -3.33. The molecule has 1 aromatic carbocycles. The summed E-state index contributed by atoms with van der Waals surface area (Å²) in [5, 5.41) is 12.7. The Kier molecular flexibility index (Phi) is 8.92. The lowest BCUT2D eigenvalue weighted by Gasteiger charge is -2.37. The van der Waals surface area contributed by atoms with E-state index in [0.717, 1.165) is 23.3 Å².